The Morgan fingerprint density at radius 1 is 1.47 bits per heavy atom. The second kappa shape index (κ2) is 6.43. The summed E-state index contributed by atoms with van der Waals surface area (Å²) in [6.07, 6.45) is 0.895. The molecular formula is C14H22N2O3. The van der Waals surface area contributed by atoms with Crippen molar-refractivity contribution in [2.45, 2.75) is 32.7 Å². The largest absolute Gasteiger partial charge is 0.491 e. The fourth-order valence-electron chi connectivity index (χ4n) is 1.45. The minimum Gasteiger partial charge on any atom is -0.491 e. The standard InChI is InChI=1S/C14H22N2O3/c1-4-7-19-12-6-5-10(8-11(12)15)13(18)16-14(2,3)9-17/h5-6,8,17H,4,7,9,15H2,1-3H3,(H,16,18). The van der Waals surface area contributed by atoms with Crippen LogP contribution in [0.2, 0.25) is 0 Å². The van der Waals surface area contributed by atoms with Crippen LogP contribution in [-0.4, -0.2) is 29.8 Å². The van der Waals surface area contributed by atoms with E-state index in [-0.39, 0.29) is 12.5 Å². The number of carbonyl (C=O) groups excluding carboxylic acids is 1. The van der Waals surface area contributed by atoms with Crippen LogP contribution in [0, 0.1) is 0 Å². The van der Waals surface area contributed by atoms with Crippen LogP contribution in [0.1, 0.15) is 37.6 Å². The number of aliphatic hydroxyl groups is 1. The summed E-state index contributed by atoms with van der Waals surface area (Å²) in [4.78, 5) is 12.0. The Balaban J connectivity index is 2.80. The highest BCUT2D eigenvalue weighted by Crippen LogP contribution is 2.23. The van der Waals surface area contributed by atoms with Crippen LogP contribution < -0.4 is 15.8 Å². The van der Waals surface area contributed by atoms with Crippen LogP contribution >= 0.6 is 0 Å². The van der Waals surface area contributed by atoms with Gasteiger partial charge in [-0.2, -0.15) is 0 Å². The normalized spacial score (nSPS) is 11.2. The minimum atomic E-state index is -0.663. The number of anilines is 1. The van der Waals surface area contributed by atoms with Gasteiger partial charge in [-0.25, -0.2) is 0 Å². The molecule has 0 aliphatic carbocycles. The van der Waals surface area contributed by atoms with E-state index in [2.05, 4.69) is 5.32 Å². The zero-order valence-electron chi connectivity index (χ0n) is 11.7. The van der Waals surface area contributed by atoms with Gasteiger partial charge in [-0.1, -0.05) is 6.92 Å². The van der Waals surface area contributed by atoms with Gasteiger partial charge in [-0.05, 0) is 38.5 Å². The van der Waals surface area contributed by atoms with E-state index in [1.54, 1.807) is 32.0 Å². The summed E-state index contributed by atoms with van der Waals surface area (Å²) < 4.78 is 5.45. The molecule has 0 spiro atoms. The van der Waals surface area contributed by atoms with E-state index in [1.165, 1.54) is 0 Å². The molecule has 0 radical (unpaired) electrons. The molecule has 106 valence electrons. The molecule has 0 atom stereocenters. The zero-order valence-corrected chi connectivity index (χ0v) is 11.7. The van der Waals surface area contributed by atoms with Crippen molar-refractivity contribution in [2.75, 3.05) is 18.9 Å². The number of hydrogen-bond acceptors (Lipinski definition) is 4. The maximum absolute atomic E-state index is 12.0. The third-order valence-corrected chi connectivity index (χ3v) is 2.58. The van der Waals surface area contributed by atoms with Gasteiger partial charge < -0.3 is 20.9 Å². The molecule has 0 aliphatic heterocycles. The number of hydrogen-bond donors (Lipinski definition) is 3. The van der Waals surface area contributed by atoms with Crippen molar-refractivity contribution in [3.63, 3.8) is 0 Å². The van der Waals surface area contributed by atoms with Crippen LogP contribution in [0.3, 0.4) is 0 Å². The molecule has 0 aromatic heterocycles. The summed E-state index contributed by atoms with van der Waals surface area (Å²) in [7, 11) is 0. The Hall–Kier alpha value is -1.75. The highest BCUT2D eigenvalue weighted by Gasteiger charge is 2.20. The highest BCUT2D eigenvalue weighted by atomic mass is 16.5. The molecule has 1 amide bonds. The SMILES string of the molecule is CCCOc1ccc(C(=O)NC(C)(C)CO)cc1N. The third kappa shape index (κ3) is 4.44. The molecule has 5 nitrogen and oxygen atoms in total. The molecule has 4 N–H and O–H groups in total. The minimum absolute atomic E-state index is 0.133. The van der Waals surface area contributed by atoms with Gasteiger partial charge >= 0.3 is 0 Å². The first-order chi connectivity index (χ1) is 8.89. The Bertz CT molecular complexity index is 444. The molecule has 0 heterocycles. The van der Waals surface area contributed by atoms with Crippen molar-refractivity contribution in [1.82, 2.24) is 5.32 Å². The monoisotopic (exact) mass is 266 g/mol. The van der Waals surface area contributed by atoms with Gasteiger partial charge in [-0.3, -0.25) is 4.79 Å². The van der Waals surface area contributed by atoms with E-state index in [9.17, 15) is 4.79 Å². The van der Waals surface area contributed by atoms with E-state index >= 15 is 0 Å². The second-order valence-corrected chi connectivity index (χ2v) is 5.10. The fraction of sp³-hybridized carbons (Fsp3) is 0.500. The molecule has 0 bridgehead atoms. The average molecular weight is 266 g/mol. The van der Waals surface area contributed by atoms with Gasteiger partial charge in [0.05, 0.1) is 24.4 Å². The van der Waals surface area contributed by atoms with Crippen molar-refractivity contribution < 1.29 is 14.6 Å². The summed E-state index contributed by atoms with van der Waals surface area (Å²) >= 11 is 0. The average Bonchev–Trinajstić information content (AvgIpc) is 2.36. The number of aliphatic hydroxyl groups excluding tert-OH is 1. The predicted octanol–water partition coefficient (Wildman–Crippen LogP) is 1.56. The zero-order chi connectivity index (χ0) is 14.5. The van der Waals surface area contributed by atoms with Gasteiger partial charge in [0, 0.05) is 5.56 Å². The lowest BCUT2D eigenvalue weighted by molar-refractivity contribution is 0.0869. The quantitative estimate of drug-likeness (QED) is 0.682. The van der Waals surface area contributed by atoms with Gasteiger partial charge in [0.25, 0.3) is 5.91 Å². The van der Waals surface area contributed by atoms with Crippen molar-refractivity contribution >= 4 is 11.6 Å². The molecule has 0 saturated carbocycles. The van der Waals surface area contributed by atoms with E-state index in [4.69, 9.17) is 15.6 Å². The summed E-state index contributed by atoms with van der Waals surface area (Å²) in [6, 6.07) is 4.92. The number of ether oxygens (including phenoxy) is 1. The molecule has 0 saturated heterocycles. The number of benzene rings is 1. The summed E-state index contributed by atoms with van der Waals surface area (Å²) in [6.45, 7) is 5.95. The molecule has 1 aromatic carbocycles. The Morgan fingerprint density at radius 3 is 2.68 bits per heavy atom. The number of nitrogen functional groups attached to an aromatic ring is 1. The molecule has 1 rings (SSSR count). The van der Waals surface area contributed by atoms with Crippen LogP contribution in [0.25, 0.3) is 0 Å². The third-order valence-electron chi connectivity index (χ3n) is 2.58. The van der Waals surface area contributed by atoms with Gasteiger partial charge in [0.2, 0.25) is 0 Å². The first-order valence-electron chi connectivity index (χ1n) is 6.35. The van der Waals surface area contributed by atoms with E-state index in [0.717, 1.165) is 6.42 Å². The van der Waals surface area contributed by atoms with Crippen LogP contribution in [0.15, 0.2) is 18.2 Å². The van der Waals surface area contributed by atoms with Crippen molar-refractivity contribution in [3.8, 4) is 5.75 Å². The molecule has 0 fully saturated rings. The topological polar surface area (TPSA) is 84.6 Å². The number of carbonyl (C=O) groups is 1. The van der Waals surface area contributed by atoms with Gasteiger partial charge in [0.15, 0.2) is 0 Å². The van der Waals surface area contributed by atoms with E-state index in [1.807, 2.05) is 6.92 Å². The smallest absolute Gasteiger partial charge is 0.251 e. The maximum Gasteiger partial charge on any atom is 0.251 e. The van der Waals surface area contributed by atoms with Crippen molar-refractivity contribution in [3.05, 3.63) is 23.8 Å². The Labute approximate surface area is 113 Å². The summed E-state index contributed by atoms with van der Waals surface area (Å²) in [5.41, 5.74) is 6.06. The van der Waals surface area contributed by atoms with Crippen molar-refractivity contribution in [1.29, 1.82) is 0 Å². The molecule has 0 unspecified atom stereocenters. The summed E-state index contributed by atoms with van der Waals surface area (Å²) in [5, 5.41) is 11.9. The second-order valence-electron chi connectivity index (χ2n) is 5.10. The van der Waals surface area contributed by atoms with Gasteiger partial charge in [-0.15, -0.1) is 0 Å². The Kier molecular flexibility index (Phi) is 5.18. The first-order valence-corrected chi connectivity index (χ1v) is 6.35. The Morgan fingerprint density at radius 2 is 2.16 bits per heavy atom. The van der Waals surface area contributed by atoms with E-state index < -0.39 is 5.54 Å². The predicted molar refractivity (Wildman–Crippen MR) is 75.3 cm³/mol. The molecule has 0 aliphatic rings. The highest BCUT2D eigenvalue weighted by molar-refractivity contribution is 5.95. The lowest BCUT2D eigenvalue weighted by Gasteiger charge is -2.23. The number of amides is 1. The lowest BCUT2D eigenvalue weighted by Crippen LogP contribution is -2.46. The lowest BCUT2D eigenvalue weighted by atomic mass is 10.1. The van der Waals surface area contributed by atoms with Crippen molar-refractivity contribution in [2.24, 2.45) is 0 Å². The fourth-order valence-corrected chi connectivity index (χ4v) is 1.45. The molecule has 1 aromatic rings. The molecule has 19 heavy (non-hydrogen) atoms. The number of nitrogens with two attached hydrogens (primary N) is 1. The van der Waals surface area contributed by atoms with Crippen LogP contribution in [0.4, 0.5) is 5.69 Å². The number of nitrogens with one attached hydrogen (secondary N) is 1. The number of rotatable bonds is 6. The van der Waals surface area contributed by atoms with Gasteiger partial charge in [0.1, 0.15) is 5.75 Å². The van der Waals surface area contributed by atoms with E-state index in [0.29, 0.717) is 23.6 Å². The first kappa shape index (κ1) is 15.3. The van der Waals surface area contributed by atoms with Crippen LogP contribution in [0.5, 0.6) is 5.75 Å². The summed E-state index contributed by atoms with van der Waals surface area (Å²) in [5.74, 6) is 0.313. The molecule has 5 heteroatoms. The maximum atomic E-state index is 12.0. The van der Waals surface area contributed by atoms with Crippen LogP contribution in [-0.2, 0) is 0 Å². The molecular weight excluding hydrogens is 244 g/mol.